The third-order valence-corrected chi connectivity index (χ3v) is 2.01. The second kappa shape index (κ2) is 3.68. The van der Waals surface area contributed by atoms with Crippen molar-refractivity contribution in [1.82, 2.24) is 9.97 Å². The lowest BCUT2D eigenvalue weighted by Gasteiger charge is -2.07. The highest BCUT2D eigenvalue weighted by atomic mass is 19.1. The number of nitrogens with one attached hydrogen (secondary N) is 1. The van der Waals surface area contributed by atoms with E-state index in [4.69, 9.17) is 4.74 Å². The molecule has 1 aromatic carbocycles. The second-order valence-electron chi connectivity index (χ2n) is 2.93. The minimum atomic E-state index is -0.684. The maximum atomic E-state index is 13.5. The minimum absolute atomic E-state index is 0.136. The van der Waals surface area contributed by atoms with Crippen LogP contribution in [-0.4, -0.2) is 17.1 Å². The van der Waals surface area contributed by atoms with Crippen LogP contribution in [0.5, 0.6) is 5.75 Å². The number of halogens is 2. The highest BCUT2D eigenvalue weighted by Gasteiger charge is 2.14. The van der Waals surface area contributed by atoms with E-state index in [1.807, 2.05) is 0 Å². The molecule has 0 aliphatic rings. The number of aromatic nitrogens is 2. The lowest BCUT2D eigenvalue weighted by atomic mass is 10.1. The molecule has 1 heterocycles. The van der Waals surface area contributed by atoms with Crippen LogP contribution in [0.2, 0.25) is 0 Å². The Bertz CT molecular complexity index is 469. The molecule has 1 N–H and O–H groups in total. The number of aromatic amines is 1. The molecule has 0 aliphatic heterocycles. The Morgan fingerprint density at radius 1 is 1.33 bits per heavy atom. The molecule has 0 fully saturated rings. The molecular formula is C10H8F2N2O. The van der Waals surface area contributed by atoms with Crippen LogP contribution in [0.25, 0.3) is 11.3 Å². The quantitative estimate of drug-likeness (QED) is 0.826. The van der Waals surface area contributed by atoms with Gasteiger partial charge >= 0.3 is 0 Å². The first-order valence-electron chi connectivity index (χ1n) is 4.24. The minimum Gasteiger partial charge on any atom is -0.496 e. The van der Waals surface area contributed by atoms with Gasteiger partial charge in [0.25, 0.3) is 0 Å². The van der Waals surface area contributed by atoms with Gasteiger partial charge in [-0.25, -0.2) is 13.8 Å². The molecule has 0 amide bonds. The van der Waals surface area contributed by atoms with Gasteiger partial charge in [-0.15, -0.1) is 0 Å². The van der Waals surface area contributed by atoms with E-state index in [1.54, 1.807) is 0 Å². The average Bonchev–Trinajstić information content (AvgIpc) is 2.69. The van der Waals surface area contributed by atoms with Crippen LogP contribution in [0.15, 0.2) is 24.7 Å². The first-order chi connectivity index (χ1) is 7.22. The lowest BCUT2D eigenvalue weighted by molar-refractivity contribution is 0.409. The summed E-state index contributed by atoms with van der Waals surface area (Å²) in [6, 6.07) is 1.93. The van der Waals surface area contributed by atoms with Crippen molar-refractivity contribution in [3.8, 4) is 17.0 Å². The fourth-order valence-electron chi connectivity index (χ4n) is 1.36. The average molecular weight is 210 g/mol. The van der Waals surface area contributed by atoms with Gasteiger partial charge in [-0.3, -0.25) is 0 Å². The topological polar surface area (TPSA) is 37.9 Å². The zero-order chi connectivity index (χ0) is 10.8. The van der Waals surface area contributed by atoms with E-state index in [2.05, 4.69) is 9.97 Å². The normalized spacial score (nSPS) is 10.3. The number of rotatable bonds is 2. The molecule has 0 saturated carbocycles. The Hall–Kier alpha value is -1.91. The van der Waals surface area contributed by atoms with Crippen molar-refractivity contribution in [3.63, 3.8) is 0 Å². The lowest BCUT2D eigenvalue weighted by Crippen LogP contribution is -1.93. The Labute approximate surface area is 84.7 Å². The summed E-state index contributed by atoms with van der Waals surface area (Å²) in [7, 11) is 1.36. The number of methoxy groups -OCH3 is 1. The maximum absolute atomic E-state index is 13.5. The first-order valence-corrected chi connectivity index (χ1v) is 4.24. The smallest absolute Gasteiger partial charge is 0.139 e. The second-order valence-corrected chi connectivity index (χ2v) is 2.93. The van der Waals surface area contributed by atoms with Crippen molar-refractivity contribution in [3.05, 3.63) is 36.3 Å². The van der Waals surface area contributed by atoms with Gasteiger partial charge in [-0.2, -0.15) is 0 Å². The summed E-state index contributed by atoms with van der Waals surface area (Å²) >= 11 is 0. The molecular weight excluding hydrogens is 202 g/mol. The summed E-state index contributed by atoms with van der Waals surface area (Å²) in [6.07, 6.45) is 2.86. The predicted octanol–water partition coefficient (Wildman–Crippen LogP) is 2.36. The van der Waals surface area contributed by atoms with Gasteiger partial charge in [0.05, 0.1) is 30.9 Å². The molecule has 0 unspecified atom stereocenters. The maximum Gasteiger partial charge on any atom is 0.139 e. The van der Waals surface area contributed by atoms with E-state index < -0.39 is 11.6 Å². The number of benzene rings is 1. The fourth-order valence-corrected chi connectivity index (χ4v) is 1.36. The molecule has 0 radical (unpaired) electrons. The first kappa shape index (κ1) is 9.64. The summed E-state index contributed by atoms with van der Waals surface area (Å²) < 4.78 is 31.3. The van der Waals surface area contributed by atoms with Gasteiger partial charge in [0.15, 0.2) is 0 Å². The summed E-state index contributed by atoms with van der Waals surface area (Å²) in [5, 5.41) is 0. The van der Waals surface area contributed by atoms with E-state index in [9.17, 15) is 8.78 Å². The van der Waals surface area contributed by atoms with Crippen molar-refractivity contribution >= 4 is 0 Å². The van der Waals surface area contributed by atoms with E-state index >= 15 is 0 Å². The zero-order valence-electron chi connectivity index (χ0n) is 7.92. The molecule has 3 nitrogen and oxygen atoms in total. The SMILES string of the molecule is COc1cc(F)cc(F)c1-c1cnc[nH]1. The van der Waals surface area contributed by atoms with Crippen LogP contribution in [0.1, 0.15) is 0 Å². The van der Waals surface area contributed by atoms with Gasteiger partial charge < -0.3 is 9.72 Å². The largest absolute Gasteiger partial charge is 0.496 e. The number of hydrogen-bond donors (Lipinski definition) is 1. The Balaban J connectivity index is 2.64. The van der Waals surface area contributed by atoms with Crippen molar-refractivity contribution in [2.75, 3.05) is 7.11 Å². The number of ether oxygens (including phenoxy) is 1. The molecule has 0 bridgehead atoms. The highest BCUT2D eigenvalue weighted by molar-refractivity contribution is 5.67. The van der Waals surface area contributed by atoms with Crippen LogP contribution in [0, 0.1) is 11.6 Å². The molecule has 15 heavy (non-hydrogen) atoms. The zero-order valence-corrected chi connectivity index (χ0v) is 7.92. The molecule has 78 valence electrons. The van der Waals surface area contributed by atoms with Crippen molar-refractivity contribution in [2.24, 2.45) is 0 Å². The molecule has 0 spiro atoms. The number of hydrogen-bond acceptors (Lipinski definition) is 2. The Morgan fingerprint density at radius 2 is 2.13 bits per heavy atom. The number of H-pyrrole nitrogens is 1. The predicted molar refractivity (Wildman–Crippen MR) is 50.5 cm³/mol. The third kappa shape index (κ3) is 1.68. The summed E-state index contributed by atoms with van der Waals surface area (Å²) in [5.74, 6) is -1.22. The summed E-state index contributed by atoms with van der Waals surface area (Å²) in [5.41, 5.74) is 0.626. The summed E-state index contributed by atoms with van der Waals surface area (Å²) in [4.78, 5) is 6.50. The molecule has 0 atom stereocenters. The van der Waals surface area contributed by atoms with Crippen molar-refractivity contribution < 1.29 is 13.5 Å². The van der Waals surface area contributed by atoms with Crippen LogP contribution >= 0.6 is 0 Å². The van der Waals surface area contributed by atoms with Crippen molar-refractivity contribution in [2.45, 2.75) is 0 Å². The van der Waals surface area contributed by atoms with Crippen LogP contribution in [-0.2, 0) is 0 Å². The fraction of sp³-hybridized carbons (Fsp3) is 0.100. The van der Waals surface area contributed by atoms with Crippen LogP contribution < -0.4 is 4.74 Å². The van der Waals surface area contributed by atoms with Gasteiger partial charge in [-0.05, 0) is 0 Å². The summed E-state index contributed by atoms with van der Waals surface area (Å²) in [6.45, 7) is 0. The van der Waals surface area contributed by atoms with E-state index in [0.29, 0.717) is 5.69 Å². The standard InChI is InChI=1S/C10H8F2N2O/c1-15-9-3-6(11)2-7(12)10(9)8-4-13-5-14-8/h2-5H,1H3,(H,13,14). The van der Waals surface area contributed by atoms with Crippen LogP contribution in [0.3, 0.4) is 0 Å². The highest BCUT2D eigenvalue weighted by Crippen LogP contribution is 2.31. The third-order valence-electron chi connectivity index (χ3n) is 2.01. The van der Waals surface area contributed by atoms with Crippen molar-refractivity contribution in [1.29, 1.82) is 0 Å². The van der Waals surface area contributed by atoms with E-state index in [0.717, 1.165) is 12.1 Å². The van der Waals surface area contributed by atoms with Gasteiger partial charge in [0.2, 0.25) is 0 Å². The molecule has 1 aromatic heterocycles. The monoisotopic (exact) mass is 210 g/mol. The molecule has 5 heteroatoms. The number of nitrogens with zero attached hydrogens (tertiary/aromatic N) is 1. The van der Waals surface area contributed by atoms with E-state index in [-0.39, 0.29) is 11.3 Å². The molecule has 2 rings (SSSR count). The van der Waals surface area contributed by atoms with Gasteiger partial charge in [0.1, 0.15) is 17.4 Å². The molecule has 0 aliphatic carbocycles. The number of imidazole rings is 1. The van der Waals surface area contributed by atoms with Gasteiger partial charge in [-0.1, -0.05) is 0 Å². The van der Waals surface area contributed by atoms with E-state index in [1.165, 1.54) is 19.6 Å². The Morgan fingerprint density at radius 3 is 2.73 bits per heavy atom. The molecule has 2 aromatic rings. The van der Waals surface area contributed by atoms with Crippen LogP contribution in [0.4, 0.5) is 8.78 Å². The van der Waals surface area contributed by atoms with Gasteiger partial charge in [0, 0.05) is 12.1 Å². The Kier molecular flexibility index (Phi) is 2.37. The molecule has 0 saturated heterocycles.